The molecule has 0 aliphatic carbocycles. The van der Waals surface area contributed by atoms with E-state index in [2.05, 4.69) is 13.8 Å². The first-order valence-electron chi connectivity index (χ1n) is 11.1. The maximum Gasteiger partial charge on any atom is 1.00 e. The van der Waals surface area contributed by atoms with Gasteiger partial charge in [0, 0.05) is 11.4 Å². The van der Waals surface area contributed by atoms with Crippen molar-refractivity contribution in [3.05, 3.63) is 42.0 Å². The van der Waals surface area contributed by atoms with Gasteiger partial charge in [0.1, 0.15) is 28.6 Å². The first-order chi connectivity index (χ1) is 15.1. The van der Waals surface area contributed by atoms with E-state index in [4.69, 9.17) is 18.9 Å². The first-order valence-corrected chi connectivity index (χ1v) is 12.1. The van der Waals surface area contributed by atoms with E-state index in [1.807, 2.05) is 24.3 Å². The minimum Gasteiger partial charge on any atom is -1.00 e. The molecule has 32 heavy (non-hydrogen) atoms. The molecule has 0 aliphatic heterocycles. The Morgan fingerprint density at radius 2 is 1.44 bits per heavy atom. The molecule has 0 bridgehead atoms. The first kappa shape index (κ1) is 28.4. The third-order valence-corrected chi connectivity index (χ3v) is 6.04. The van der Waals surface area contributed by atoms with E-state index in [9.17, 15) is 4.79 Å². The monoisotopic (exact) mass is 454 g/mol. The van der Waals surface area contributed by atoms with E-state index in [1.54, 1.807) is 26.4 Å². The summed E-state index contributed by atoms with van der Waals surface area (Å²) in [6.07, 6.45) is 6.55. The molecule has 0 aliphatic rings. The van der Waals surface area contributed by atoms with Crippen LogP contribution >= 0.6 is 8.58 Å². The largest absolute Gasteiger partial charge is 1.00 e. The van der Waals surface area contributed by atoms with Crippen molar-refractivity contribution in [1.82, 2.24) is 0 Å². The van der Waals surface area contributed by atoms with Crippen LogP contribution in [0.3, 0.4) is 0 Å². The standard InChI is InChI=1S/C25H35O5P.Li.H/c1-5-7-9-16-29-19-14-15-23(22(18-19)30-17-10-8-6-2)31-25(26)24-20(27-3)12-11-13-21(24)28-4;;/h11-15,18,31H,5-10,16-17H2,1-4H3;;/q;+1;-1. The van der Waals surface area contributed by atoms with Gasteiger partial charge in [-0.05, 0) is 45.7 Å². The van der Waals surface area contributed by atoms with Crippen LogP contribution in [0.15, 0.2) is 36.4 Å². The van der Waals surface area contributed by atoms with E-state index in [0.29, 0.717) is 36.0 Å². The molecule has 0 fully saturated rings. The molecule has 2 aromatic carbocycles. The molecule has 0 radical (unpaired) electrons. The van der Waals surface area contributed by atoms with Crippen molar-refractivity contribution in [2.75, 3.05) is 27.4 Å². The van der Waals surface area contributed by atoms with Gasteiger partial charge in [0.05, 0.1) is 27.4 Å². The Labute approximate surface area is 208 Å². The summed E-state index contributed by atoms with van der Waals surface area (Å²) in [7, 11) is 3.00. The summed E-state index contributed by atoms with van der Waals surface area (Å²) in [5, 5.41) is 0.857. The van der Waals surface area contributed by atoms with E-state index in [1.165, 1.54) is 0 Å². The number of rotatable bonds is 15. The number of ether oxygens (including phenoxy) is 4. The maximum absolute atomic E-state index is 13.2. The second kappa shape index (κ2) is 16.0. The Bertz CT molecular complexity index is 812. The van der Waals surface area contributed by atoms with Crippen LogP contribution in [0.1, 0.15) is 64.2 Å². The molecule has 0 saturated heterocycles. The second-order valence-corrected chi connectivity index (χ2v) is 8.50. The van der Waals surface area contributed by atoms with E-state index < -0.39 is 0 Å². The predicted octanol–water partition coefficient (Wildman–Crippen LogP) is 3.10. The SMILES string of the molecule is CCCCCOc1ccc(PC(=O)c2c(OC)cccc2OC)c(OCCCCC)c1.[H-].[Li+]. The van der Waals surface area contributed by atoms with Gasteiger partial charge < -0.3 is 20.4 Å². The maximum atomic E-state index is 13.2. The minimum absolute atomic E-state index is 0. The summed E-state index contributed by atoms with van der Waals surface area (Å²) < 4.78 is 22.8. The molecule has 2 aromatic rings. The second-order valence-electron chi connectivity index (χ2n) is 7.26. The zero-order valence-corrected chi connectivity index (χ0v) is 21.2. The van der Waals surface area contributed by atoms with Gasteiger partial charge >= 0.3 is 18.9 Å². The third kappa shape index (κ3) is 8.70. The fourth-order valence-electron chi connectivity index (χ4n) is 3.15. The quantitative estimate of drug-likeness (QED) is 0.235. The number of methoxy groups -OCH3 is 2. The number of hydrogen-bond acceptors (Lipinski definition) is 5. The number of unbranched alkanes of at least 4 members (excludes halogenated alkanes) is 4. The molecule has 0 saturated carbocycles. The van der Waals surface area contributed by atoms with Gasteiger partial charge in [-0.15, -0.1) is 0 Å². The predicted molar refractivity (Wildman–Crippen MR) is 129 cm³/mol. The fourth-order valence-corrected chi connectivity index (χ4v) is 4.20. The zero-order valence-electron chi connectivity index (χ0n) is 21.2. The molecular formula is C25H36LiO5P. The number of carbonyl (C=O) groups is 1. The van der Waals surface area contributed by atoms with Gasteiger partial charge in [-0.1, -0.05) is 45.6 Å². The van der Waals surface area contributed by atoms with Gasteiger partial charge in [-0.3, -0.25) is 4.79 Å². The topological polar surface area (TPSA) is 54.0 Å². The van der Waals surface area contributed by atoms with Gasteiger partial charge in [0.15, 0.2) is 5.52 Å². The average molecular weight is 454 g/mol. The van der Waals surface area contributed by atoms with Crippen molar-refractivity contribution in [1.29, 1.82) is 0 Å². The number of benzene rings is 2. The van der Waals surface area contributed by atoms with Crippen molar-refractivity contribution in [2.45, 2.75) is 52.4 Å². The zero-order chi connectivity index (χ0) is 22.5. The van der Waals surface area contributed by atoms with Crippen molar-refractivity contribution < 1.29 is 44.0 Å². The Morgan fingerprint density at radius 1 is 0.844 bits per heavy atom. The Balaban J connectivity index is 0.00000512. The molecule has 0 amide bonds. The van der Waals surface area contributed by atoms with Gasteiger partial charge in [-0.2, -0.15) is 0 Å². The Kier molecular flexibility index (Phi) is 14.2. The van der Waals surface area contributed by atoms with Crippen molar-refractivity contribution in [3.8, 4) is 23.0 Å². The Hall–Kier alpha value is -1.66. The fraction of sp³-hybridized carbons (Fsp3) is 0.480. The minimum atomic E-state index is -0.115. The van der Waals surface area contributed by atoms with Crippen LogP contribution in [0.2, 0.25) is 0 Å². The molecule has 0 heterocycles. The molecule has 0 aromatic heterocycles. The summed E-state index contributed by atoms with van der Waals surface area (Å²) in [6.45, 7) is 5.64. The summed E-state index contributed by atoms with van der Waals surface area (Å²) in [4.78, 5) is 13.2. The van der Waals surface area contributed by atoms with Crippen molar-refractivity contribution in [2.24, 2.45) is 0 Å². The van der Waals surface area contributed by atoms with Crippen LogP contribution in [0.4, 0.5) is 0 Å². The normalized spacial score (nSPS) is 10.6. The number of carbonyl (C=O) groups excluding carboxylic acids is 1. The summed E-state index contributed by atoms with van der Waals surface area (Å²) in [6, 6.07) is 11.1. The molecule has 172 valence electrons. The summed E-state index contributed by atoms with van der Waals surface area (Å²) in [5.74, 6) is 2.51. The molecule has 5 nitrogen and oxygen atoms in total. The van der Waals surface area contributed by atoms with Gasteiger partial charge in [0.25, 0.3) is 0 Å². The average Bonchev–Trinajstić information content (AvgIpc) is 2.80. The van der Waals surface area contributed by atoms with Crippen molar-refractivity contribution in [3.63, 3.8) is 0 Å². The molecule has 0 spiro atoms. The number of hydrogen-bond donors (Lipinski definition) is 0. The molecule has 2 rings (SSSR count). The molecule has 7 heteroatoms. The molecule has 1 atom stereocenters. The van der Waals surface area contributed by atoms with Crippen LogP contribution in [-0.2, 0) is 0 Å². The van der Waals surface area contributed by atoms with E-state index >= 15 is 0 Å². The van der Waals surface area contributed by atoms with Gasteiger partial charge in [-0.25, -0.2) is 0 Å². The molecule has 0 N–H and O–H groups in total. The van der Waals surface area contributed by atoms with Gasteiger partial charge in [0.2, 0.25) is 0 Å². The summed E-state index contributed by atoms with van der Waals surface area (Å²) in [5.41, 5.74) is 0.409. The van der Waals surface area contributed by atoms with Crippen LogP contribution in [0, 0.1) is 0 Å². The van der Waals surface area contributed by atoms with Crippen LogP contribution in [0.25, 0.3) is 0 Å². The Morgan fingerprint density at radius 3 is 2.00 bits per heavy atom. The van der Waals surface area contributed by atoms with Crippen LogP contribution < -0.4 is 43.1 Å². The third-order valence-electron chi connectivity index (χ3n) is 4.88. The smallest absolute Gasteiger partial charge is 1.00 e. The van der Waals surface area contributed by atoms with Crippen LogP contribution in [0.5, 0.6) is 23.0 Å². The van der Waals surface area contributed by atoms with E-state index in [0.717, 1.165) is 49.6 Å². The van der Waals surface area contributed by atoms with Crippen molar-refractivity contribution >= 4 is 19.4 Å². The van der Waals surface area contributed by atoms with Crippen LogP contribution in [-0.4, -0.2) is 33.0 Å². The molecule has 1 unspecified atom stereocenters. The summed E-state index contributed by atoms with van der Waals surface area (Å²) >= 11 is 0. The van der Waals surface area contributed by atoms with E-state index in [-0.39, 0.29) is 34.4 Å². The molecular weight excluding hydrogens is 418 g/mol.